The third kappa shape index (κ3) is 3.70. The summed E-state index contributed by atoms with van der Waals surface area (Å²) >= 11 is 0. The van der Waals surface area contributed by atoms with Crippen LogP contribution in [-0.4, -0.2) is 35.1 Å². The first-order valence-corrected chi connectivity index (χ1v) is 5.94. The molecule has 0 heterocycles. The lowest BCUT2D eigenvalue weighted by Gasteiger charge is -2.26. The average Bonchev–Trinajstić information content (AvgIpc) is 2.35. The molecule has 0 atom stereocenters. The Morgan fingerprint density at radius 1 is 1.26 bits per heavy atom. The van der Waals surface area contributed by atoms with Crippen LogP contribution in [0.4, 0.5) is 13.2 Å². The van der Waals surface area contributed by atoms with Gasteiger partial charge in [0.15, 0.2) is 17.5 Å². The first-order chi connectivity index (χ1) is 8.88. The third-order valence-electron chi connectivity index (χ3n) is 2.67. The molecule has 1 rings (SSSR count). The molecule has 3 nitrogen and oxygen atoms in total. The molecule has 6 heteroatoms. The maximum absolute atomic E-state index is 13.1. The molecule has 0 fully saturated rings. The van der Waals surface area contributed by atoms with Crippen molar-refractivity contribution in [2.75, 3.05) is 13.2 Å². The lowest BCUT2D eigenvalue weighted by atomic mass is 10.1. The van der Waals surface area contributed by atoms with Crippen molar-refractivity contribution in [2.24, 2.45) is 0 Å². The van der Waals surface area contributed by atoms with E-state index in [-0.39, 0.29) is 24.8 Å². The quantitative estimate of drug-likeness (QED) is 0.838. The normalized spacial score (nSPS) is 10.9. The number of aliphatic hydroxyl groups is 1. The highest BCUT2D eigenvalue weighted by atomic mass is 19.2. The van der Waals surface area contributed by atoms with Crippen molar-refractivity contribution in [1.29, 1.82) is 0 Å². The summed E-state index contributed by atoms with van der Waals surface area (Å²) < 4.78 is 39.0. The van der Waals surface area contributed by atoms with Gasteiger partial charge in [0, 0.05) is 24.8 Å². The predicted molar refractivity (Wildman–Crippen MR) is 64.2 cm³/mol. The zero-order chi connectivity index (χ0) is 14.6. The Balaban J connectivity index is 3.03. The summed E-state index contributed by atoms with van der Waals surface area (Å²) in [7, 11) is 0. The number of amides is 1. The summed E-state index contributed by atoms with van der Waals surface area (Å²) in [6, 6.07) is 1.15. The van der Waals surface area contributed by atoms with E-state index < -0.39 is 23.4 Å². The van der Waals surface area contributed by atoms with Gasteiger partial charge < -0.3 is 10.0 Å². The minimum atomic E-state index is -1.59. The zero-order valence-electron chi connectivity index (χ0n) is 10.8. The van der Waals surface area contributed by atoms with Gasteiger partial charge in [0.2, 0.25) is 0 Å². The Kier molecular flexibility index (Phi) is 5.35. The molecule has 0 radical (unpaired) electrons. The van der Waals surface area contributed by atoms with Crippen LogP contribution in [0.2, 0.25) is 0 Å². The van der Waals surface area contributed by atoms with E-state index in [2.05, 4.69) is 0 Å². The lowest BCUT2D eigenvalue weighted by molar-refractivity contribution is 0.0692. The van der Waals surface area contributed by atoms with Crippen molar-refractivity contribution in [1.82, 2.24) is 4.90 Å². The minimum Gasteiger partial charge on any atom is -0.396 e. The standard InChI is InChI=1S/C13H16F3NO2/c1-8(2)17(4-3-5-18)13(19)9-6-10(14)12(16)11(15)7-9/h6-8,18H,3-5H2,1-2H3. The molecule has 0 spiro atoms. The number of aliphatic hydroxyl groups excluding tert-OH is 1. The van der Waals surface area contributed by atoms with Crippen LogP contribution in [0.5, 0.6) is 0 Å². The van der Waals surface area contributed by atoms with Crippen molar-refractivity contribution < 1.29 is 23.1 Å². The molecule has 0 aliphatic rings. The van der Waals surface area contributed by atoms with Gasteiger partial charge in [0.05, 0.1) is 0 Å². The number of carbonyl (C=O) groups excluding carboxylic acids is 1. The summed E-state index contributed by atoms with van der Waals surface area (Å²) in [5.74, 6) is -4.98. The Hall–Kier alpha value is -1.56. The van der Waals surface area contributed by atoms with E-state index in [4.69, 9.17) is 5.11 Å². The number of carbonyl (C=O) groups is 1. The number of benzene rings is 1. The largest absolute Gasteiger partial charge is 0.396 e. The first kappa shape index (κ1) is 15.5. The number of hydrogen-bond donors (Lipinski definition) is 1. The lowest BCUT2D eigenvalue weighted by Crippen LogP contribution is -2.38. The molecular formula is C13H16F3NO2. The second-order valence-electron chi connectivity index (χ2n) is 4.42. The highest BCUT2D eigenvalue weighted by molar-refractivity contribution is 5.94. The second kappa shape index (κ2) is 6.56. The molecule has 0 unspecified atom stereocenters. The minimum absolute atomic E-state index is 0.0946. The smallest absolute Gasteiger partial charge is 0.254 e. The Labute approximate surface area is 109 Å². The Morgan fingerprint density at radius 3 is 2.21 bits per heavy atom. The maximum Gasteiger partial charge on any atom is 0.254 e. The van der Waals surface area contributed by atoms with Crippen molar-refractivity contribution >= 4 is 5.91 Å². The SMILES string of the molecule is CC(C)N(CCCO)C(=O)c1cc(F)c(F)c(F)c1. The van der Waals surface area contributed by atoms with Crippen molar-refractivity contribution in [3.05, 3.63) is 35.1 Å². The van der Waals surface area contributed by atoms with Crippen LogP contribution in [0.25, 0.3) is 0 Å². The van der Waals surface area contributed by atoms with E-state index in [1.165, 1.54) is 4.90 Å². The Bertz CT molecular complexity index is 440. The van der Waals surface area contributed by atoms with E-state index in [1.54, 1.807) is 13.8 Å². The number of hydrogen-bond acceptors (Lipinski definition) is 2. The fraction of sp³-hybridized carbons (Fsp3) is 0.462. The van der Waals surface area contributed by atoms with Crippen LogP contribution in [0, 0.1) is 17.5 Å². The predicted octanol–water partition coefficient (Wildman–Crippen LogP) is 2.34. The van der Waals surface area contributed by atoms with E-state index in [0.717, 1.165) is 0 Å². The van der Waals surface area contributed by atoms with E-state index in [9.17, 15) is 18.0 Å². The molecule has 106 valence electrons. The maximum atomic E-state index is 13.1. The van der Waals surface area contributed by atoms with Crippen LogP contribution in [0.1, 0.15) is 30.6 Å². The fourth-order valence-corrected chi connectivity index (χ4v) is 1.68. The van der Waals surface area contributed by atoms with Gasteiger partial charge in [-0.2, -0.15) is 0 Å². The van der Waals surface area contributed by atoms with Crippen molar-refractivity contribution in [2.45, 2.75) is 26.3 Å². The van der Waals surface area contributed by atoms with Crippen LogP contribution < -0.4 is 0 Å². The summed E-state index contributed by atoms with van der Waals surface area (Å²) in [6.45, 7) is 3.65. The Morgan fingerprint density at radius 2 is 1.79 bits per heavy atom. The van der Waals surface area contributed by atoms with Gasteiger partial charge in [-0.25, -0.2) is 13.2 Å². The molecule has 0 aliphatic heterocycles. The number of nitrogens with zero attached hydrogens (tertiary/aromatic N) is 1. The molecule has 1 aromatic rings. The average molecular weight is 275 g/mol. The van der Waals surface area contributed by atoms with Crippen molar-refractivity contribution in [3.63, 3.8) is 0 Å². The molecule has 0 aliphatic carbocycles. The number of rotatable bonds is 5. The molecule has 0 aromatic heterocycles. The van der Waals surface area contributed by atoms with Gasteiger partial charge in [0.1, 0.15) is 0 Å². The highest BCUT2D eigenvalue weighted by Gasteiger charge is 2.21. The fourth-order valence-electron chi connectivity index (χ4n) is 1.68. The van der Waals surface area contributed by atoms with E-state index in [1.807, 2.05) is 0 Å². The molecular weight excluding hydrogens is 259 g/mol. The van der Waals surface area contributed by atoms with Gasteiger partial charge >= 0.3 is 0 Å². The van der Waals surface area contributed by atoms with Crippen LogP contribution >= 0.6 is 0 Å². The zero-order valence-corrected chi connectivity index (χ0v) is 10.8. The van der Waals surface area contributed by atoms with Gasteiger partial charge in [-0.1, -0.05) is 0 Å². The summed E-state index contributed by atoms with van der Waals surface area (Å²) in [5.41, 5.74) is -0.247. The van der Waals surface area contributed by atoms with Gasteiger partial charge in [0.25, 0.3) is 5.91 Å². The van der Waals surface area contributed by atoms with Crippen LogP contribution in [-0.2, 0) is 0 Å². The van der Waals surface area contributed by atoms with Gasteiger partial charge in [-0.3, -0.25) is 4.79 Å². The van der Waals surface area contributed by atoms with Crippen LogP contribution in [0.15, 0.2) is 12.1 Å². The molecule has 1 amide bonds. The van der Waals surface area contributed by atoms with E-state index in [0.29, 0.717) is 18.6 Å². The molecule has 19 heavy (non-hydrogen) atoms. The number of halogens is 3. The summed E-state index contributed by atoms with van der Waals surface area (Å²) in [4.78, 5) is 13.5. The molecule has 1 aromatic carbocycles. The summed E-state index contributed by atoms with van der Waals surface area (Å²) in [5, 5.41) is 8.77. The van der Waals surface area contributed by atoms with Crippen molar-refractivity contribution in [3.8, 4) is 0 Å². The van der Waals surface area contributed by atoms with E-state index >= 15 is 0 Å². The molecule has 0 bridgehead atoms. The van der Waals surface area contributed by atoms with Gasteiger partial charge in [-0.15, -0.1) is 0 Å². The molecule has 1 N–H and O–H groups in total. The second-order valence-corrected chi connectivity index (χ2v) is 4.42. The topological polar surface area (TPSA) is 40.5 Å². The summed E-state index contributed by atoms with van der Waals surface area (Å²) in [6.07, 6.45) is 0.357. The third-order valence-corrected chi connectivity index (χ3v) is 2.67. The monoisotopic (exact) mass is 275 g/mol. The highest BCUT2D eigenvalue weighted by Crippen LogP contribution is 2.16. The molecule has 0 saturated heterocycles. The van der Waals surface area contributed by atoms with Gasteiger partial charge in [-0.05, 0) is 32.4 Å². The first-order valence-electron chi connectivity index (χ1n) is 5.94. The van der Waals surface area contributed by atoms with Crippen LogP contribution in [0.3, 0.4) is 0 Å². The molecule has 0 saturated carbocycles.